The molecule has 0 aliphatic carbocycles. The van der Waals surface area contributed by atoms with Crippen LogP contribution in [-0.2, 0) is 0 Å². The summed E-state index contributed by atoms with van der Waals surface area (Å²) in [5, 5.41) is 16.4. The molecule has 1 saturated heterocycles. The molecule has 1 unspecified atom stereocenters. The highest BCUT2D eigenvalue weighted by Crippen LogP contribution is 2.38. The van der Waals surface area contributed by atoms with E-state index in [1.54, 1.807) is 12.1 Å². The molecule has 1 atom stereocenters. The first-order valence-electron chi connectivity index (χ1n) is 9.93. The van der Waals surface area contributed by atoms with Crippen LogP contribution in [0, 0.1) is 11.3 Å². The molecule has 0 saturated carbocycles. The zero-order chi connectivity index (χ0) is 23.1. The van der Waals surface area contributed by atoms with Gasteiger partial charge in [-0.1, -0.05) is 23.2 Å². The monoisotopic (exact) mass is 483 g/mol. The fourth-order valence-electron chi connectivity index (χ4n) is 3.77. The van der Waals surface area contributed by atoms with Crippen LogP contribution in [0.5, 0.6) is 11.5 Å². The molecule has 0 amide bonds. The van der Waals surface area contributed by atoms with E-state index >= 15 is 0 Å². The van der Waals surface area contributed by atoms with E-state index in [2.05, 4.69) is 20.0 Å². The lowest BCUT2D eigenvalue weighted by Gasteiger charge is -2.14. The first-order valence-corrected chi connectivity index (χ1v) is 10.7. The SMILES string of the molecule is N#Cc1nn(-c2cc(Cl)c(Oc3ccc4ncn(C5CCNC5)c4c3)c(Cl)c2)c(=O)[nH]c1=O. The maximum atomic E-state index is 12.2. The first-order chi connectivity index (χ1) is 15.9. The predicted molar refractivity (Wildman–Crippen MR) is 122 cm³/mol. The lowest BCUT2D eigenvalue weighted by atomic mass is 10.2. The lowest BCUT2D eigenvalue weighted by Crippen LogP contribution is -2.33. The summed E-state index contributed by atoms with van der Waals surface area (Å²) in [6.45, 7) is 1.84. The number of rotatable bonds is 4. The molecule has 12 heteroatoms. The van der Waals surface area contributed by atoms with Gasteiger partial charge in [-0.25, -0.2) is 9.78 Å². The third-order valence-electron chi connectivity index (χ3n) is 5.36. The van der Waals surface area contributed by atoms with Crippen molar-refractivity contribution < 1.29 is 4.74 Å². The molecule has 0 bridgehead atoms. The Morgan fingerprint density at radius 1 is 1.18 bits per heavy atom. The molecule has 3 heterocycles. The molecule has 4 aromatic rings. The average molecular weight is 484 g/mol. The Hall–Kier alpha value is -3.65. The summed E-state index contributed by atoms with van der Waals surface area (Å²) in [5.41, 5.74) is -0.238. The van der Waals surface area contributed by atoms with Crippen LogP contribution < -0.4 is 21.3 Å². The van der Waals surface area contributed by atoms with Crippen molar-refractivity contribution in [3.8, 4) is 23.3 Å². The molecule has 1 aliphatic rings. The molecule has 10 nitrogen and oxygen atoms in total. The van der Waals surface area contributed by atoms with Gasteiger partial charge in [0.05, 0.1) is 33.1 Å². The Labute approximate surface area is 196 Å². The van der Waals surface area contributed by atoms with Crippen molar-refractivity contribution in [2.24, 2.45) is 0 Å². The van der Waals surface area contributed by atoms with Crippen molar-refractivity contribution in [3.05, 3.63) is 73.2 Å². The zero-order valence-electron chi connectivity index (χ0n) is 16.9. The number of fused-ring (bicyclic) bond motifs is 1. The maximum Gasteiger partial charge on any atom is 0.349 e. The Kier molecular flexibility index (Phi) is 5.38. The minimum absolute atomic E-state index is 0.115. The van der Waals surface area contributed by atoms with Gasteiger partial charge >= 0.3 is 5.69 Å². The number of nitriles is 1. The number of benzene rings is 2. The van der Waals surface area contributed by atoms with E-state index in [0.29, 0.717) is 11.8 Å². The second-order valence-electron chi connectivity index (χ2n) is 7.42. The zero-order valence-corrected chi connectivity index (χ0v) is 18.4. The van der Waals surface area contributed by atoms with Gasteiger partial charge < -0.3 is 14.6 Å². The molecule has 33 heavy (non-hydrogen) atoms. The minimum atomic E-state index is -0.876. The number of nitrogens with zero attached hydrogens (tertiary/aromatic N) is 5. The standard InChI is InChI=1S/C21H15Cl2N7O3/c22-14-5-12(30-21(32)27-20(31)17(8-24)28-30)6-15(23)19(14)33-13-1-2-16-18(7-13)29(10-26-16)11-3-4-25-9-11/h1-2,5-7,10-11,25H,3-4,9H2,(H,27,31,32). The number of aromatic amines is 1. The third kappa shape index (κ3) is 3.87. The molecule has 5 rings (SSSR count). The van der Waals surface area contributed by atoms with Crippen molar-refractivity contribution in [2.75, 3.05) is 13.1 Å². The van der Waals surface area contributed by atoms with E-state index in [-0.39, 0.29) is 21.5 Å². The second-order valence-corrected chi connectivity index (χ2v) is 8.24. The smallest absolute Gasteiger partial charge is 0.349 e. The second kappa shape index (κ2) is 8.37. The molecular weight excluding hydrogens is 469 g/mol. The number of imidazole rings is 1. The fraction of sp³-hybridized carbons (Fsp3) is 0.190. The number of ether oxygens (including phenoxy) is 1. The van der Waals surface area contributed by atoms with Gasteiger partial charge in [-0.15, -0.1) is 5.10 Å². The molecule has 0 radical (unpaired) electrons. The summed E-state index contributed by atoms with van der Waals surface area (Å²) in [5.74, 6) is 0.700. The molecule has 2 N–H and O–H groups in total. The van der Waals surface area contributed by atoms with Crippen molar-refractivity contribution in [1.82, 2.24) is 29.6 Å². The van der Waals surface area contributed by atoms with Crippen LogP contribution >= 0.6 is 23.2 Å². The van der Waals surface area contributed by atoms with Gasteiger partial charge in [0.2, 0.25) is 5.69 Å². The largest absolute Gasteiger partial charge is 0.454 e. The third-order valence-corrected chi connectivity index (χ3v) is 5.92. The van der Waals surface area contributed by atoms with Gasteiger partial charge in [-0.05, 0) is 37.2 Å². The van der Waals surface area contributed by atoms with Gasteiger partial charge in [0, 0.05) is 18.7 Å². The first kappa shape index (κ1) is 21.2. The Bertz CT molecular complexity index is 1520. The molecule has 0 spiro atoms. The van der Waals surface area contributed by atoms with E-state index < -0.39 is 16.9 Å². The van der Waals surface area contributed by atoms with Crippen LogP contribution in [0.25, 0.3) is 16.7 Å². The lowest BCUT2D eigenvalue weighted by molar-refractivity contribution is 0.483. The van der Waals surface area contributed by atoms with Gasteiger partial charge in [-0.3, -0.25) is 9.78 Å². The van der Waals surface area contributed by atoms with Crippen LogP contribution in [0.3, 0.4) is 0 Å². The van der Waals surface area contributed by atoms with Crippen LogP contribution in [0.1, 0.15) is 18.2 Å². The van der Waals surface area contributed by atoms with Crippen molar-refractivity contribution in [1.29, 1.82) is 5.26 Å². The van der Waals surface area contributed by atoms with E-state index in [1.807, 2.05) is 23.4 Å². The van der Waals surface area contributed by atoms with E-state index in [1.165, 1.54) is 12.1 Å². The number of hydrogen-bond acceptors (Lipinski definition) is 7. The summed E-state index contributed by atoms with van der Waals surface area (Å²) in [6, 6.07) is 10.2. The van der Waals surface area contributed by atoms with E-state index in [9.17, 15) is 9.59 Å². The number of halogens is 2. The fourth-order valence-corrected chi connectivity index (χ4v) is 4.32. The van der Waals surface area contributed by atoms with Gasteiger partial charge in [0.1, 0.15) is 11.8 Å². The summed E-state index contributed by atoms with van der Waals surface area (Å²) < 4.78 is 8.94. The highest BCUT2D eigenvalue weighted by Gasteiger charge is 2.19. The normalized spacial score (nSPS) is 15.6. The summed E-state index contributed by atoms with van der Waals surface area (Å²) in [4.78, 5) is 30.2. The van der Waals surface area contributed by atoms with E-state index in [0.717, 1.165) is 35.2 Å². The number of H-pyrrole nitrogens is 1. The highest BCUT2D eigenvalue weighted by atomic mass is 35.5. The molecule has 166 valence electrons. The summed E-state index contributed by atoms with van der Waals surface area (Å²) in [7, 11) is 0. The van der Waals surface area contributed by atoms with Gasteiger partial charge in [-0.2, -0.15) is 9.94 Å². The summed E-state index contributed by atoms with van der Waals surface area (Å²) in [6.07, 6.45) is 2.84. The minimum Gasteiger partial charge on any atom is -0.454 e. The van der Waals surface area contributed by atoms with Crippen LogP contribution in [0.15, 0.2) is 46.2 Å². The van der Waals surface area contributed by atoms with Crippen LogP contribution in [0.2, 0.25) is 10.0 Å². The Morgan fingerprint density at radius 2 is 1.97 bits per heavy atom. The highest BCUT2D eigenvalue weighted by molar-refractivity contribution is 6.37. The molecule has 1 aliphatic heterocycles. The summed E-state index contributed by atoms with van der Waals surface area (Å²) >= 11 is 12.8. The van der Waals surface area contributed by atoms with Gasteiger partial charge in [0.15, 0.2) is 5.75 Å². The average Bonchev–Trinajstić information content (AvgIpc) is 3.45. The quantitative estimate of drug-likeness (QED) is 0.456. The molecule has 1 fully saturated rings. The van der Waals surface area contributed by atoms with Crippen molar-refractivity contribution >= 4 is 34.2 Å². The predicted octanol–water partition coefficient (Wildman–Crippen LogP) is 2.78. The van der Waals surface area contributed by atoms with Crippen LogP contribution in [-0.4, -0.2) is 37.4 Å². The van der Waals surface area contributed by atoms with Gasteiger partial charge in [0.25, 0.3) is 5.56 Å². The van der Waals surface area contributed by atoms with Crippen LogP contribution in [0.4, 0.5) is 0 Å². The molecule has 2 aromatic carbocycles. The maximum absolute atomic E-state index is 12.2. The Morgan fingerprint density at radius 3 is 2.67 bits per heavy atom. The Balaban J connectivity index is 1.51. The van der Waals surface area contributed by atoms with Crippen molar-refractivity contribution in [2.45, 2.75) is 12.5 Å². The molecular formula is C21H15Cl2N7O3. The molecule has 2 aromatic heterocycles. The number of nitrogens with one attached hydrogen (secondary N) is 2. The number of hydrogen-bond donors (Lipinski definition) is 2. The topological polar surface area (TPSA) is 131 Å². The number of aromatic nitrogens is 5. The van der Waals surface area contributed by atoms with Crippen molar-refractivity contribution in [3.63, 3.8) is 0 Å². The van der Waals surface area contributed by atoms with E-state index in [4.69, 9.17) is 33.2 Å².